The Morgan fingerprint density at radius 1 is 1.32 bits per heavy atom. The number of hydrogen-bond donors (Lipinski definition) is 0. The summed E-state index contributed by atoms with van der Waals surface area (Å²) in [6.07, 6.45) is 0.392. The minimum atomic E-state index is -0.343. The minimum absolute atomic E-state index is 0.110. The van der Waals surface area contributed by atoms with Gasteiger partial charge in [-0.2, -0.15) is 4.98 Å². The number of amides is 1. The van der Waals surface area contributed by atoms with Crippen LogP contribution in [0.5, 0.6) is 0 Å². The number of ether oxygens (including phenoxy) is 1. The van der Waals surface area contributed by atoms with Gasteiger partial charge < -0.3 is 9.26 Å². The zero-order chi connectivity index (χ0) is 15.5. The Hall–Kier alpha value is -2.37. The molecule has 0 spiro atoms. The lowest BCUT2D eigenvalue weighted by molar-refractivity contribution is 0.155. The normalized spacial score (nSPS) is 18.0. The number of carbonyl (C=O) groups is 1. The van der Waals surface area contributed by atoms with Crippen LogP contribution in [0.4, 0.5) is 4.79 Å². The third-order valence-corrected chi connectivity index (χ3v) is 3.56. The molecule has 1 aromatic carbocycles. The summed E-state index contributed by atoms with van der Waals surface area (Å²) in [7, 11) is 0. The van der Waals surface area contributed by atoms with Gasteiger partial charge in [0.05, 0.1) is 12.6 Å². The van der Waals surface area contributed by atoms with Crippen molar-refractivity contribution in [3.05, 3.63) is 47.6 Å². The number of benzene rings is 1. The summed E-state index contributed by atoms with van der Waals surface area (Å²) in [4.78, 5) is 18.0. The van der Waals surface area contributed by atoms with Crippen molar-refractivity contribution in [1.82, 2.24) is 15.0 Å². The van der Waals surface area contributed by atoms with Crippen LogP contribution in [0.1, 0.15) is 37.2 Å². The standard InChI is InChI=1S/C16H19N3O3/c1-11(2)8-15-17-14(18-22-15)9-19-13(10-21-16(19)20)12-6-4-3-5-7-12/h3-7,11,13H,8-10H2,1-2H3/t13-/m1/s1. The lowest BCUT2D eigenvalue weighted by atomic mass is 10.1. The first-order valence-electron chi connectivity index (χ1n) is 7.43. The minimum Gasteiger partial charge on any atom is -0.447 e. The van der Waals surface area contributed by atoms with Gasteiger partial charge in [-0.1, -0.05) is 49.3 Å². The number of rotatable bonds is 5. The van der Waals surface area contributed by atoms with E-state index in [1.807, 2.05) is 30.3 Å². The van der Waals surface area contributed by atoms with Gasteiger partial charge in [-0.25, -0.2) is 4.79 Å². The first kappa shape index (κ1) is 14.6. The Balaban J connectivity index is 1.74. The summed E-state index contributed by atoms with van der Waals surface area (Å²) in [5.74, 6) is 1.56. The summed E-state index contributed by atoms with van der Waals surface area (Å²) in [5, 5.41) is 3.96. The Morgan fingerprint density at radius 2 is 2.09 bits per heavy atom. The predicted octanol–water partition coefficient (Wildman–Crippen LogP) is 2.96. The fourth-order valence-electron chi connectivity index (χ4n) is 2.52. The van der Waals surface area contributed by atoms with Gasteiger partial charge in [-0.15, -0.1) is 0 Å². The molecule has 116 valence electrons. The van der Waals surface area contributed by atoms with Crippen LogP contribution < -0.4 is 0 Å². The third kappa shape index (κ3) is 3.10. The molecule has 2 aromatic rings. The van der Waals surface area contributed by atoms with Crippen molar-refractivity contribution >= 4 is 6.09 Å². The maximum absolute atomic E-state index is 12.0. The third-order valence-electron chi connectivity index (χ3n) is 3.56. The van der Waals surface area contributed by atoms with E-state index in [1.165, 1.54) is 0 Å². The Kier molecular flexibility index (Phi) is 4.09. The Bertz CT molecular complexity index is 639. The number of carbonyl (C=O) groups excluding carboxylic acids is 1. The van der Waals surface area contributed by atoms with Crippen LogP contribution in [0, 0.1) is 5.92 Å². The molecule has 2 heterocycles. The molecule has 22 heavy (non-hydrogen) atoms. The second kappa shape index (κ2) is 6.17. The van der Waals surface area contributed by atoms with Crippen molar-refractivity contribution in [3.8, 4) is 0 Å². The summed E-state index contributed by atoms with van der Waals surface area (Å²) in [6.45, 7) is 4.82. The summed E-state index contributed by atoms with van der Waals surface area (Å²) in [6, 6.07) is 9.71. The van der Waals surface area contributed by atoms with Crippen molar-refractivity contribution < 1.29 is 14.1 Å². The first-order valence-corrected chi connectivity index (χ1v) is 7.43. The number of nitrogens with zero attached hydrogens (tertiary/aromatic N) is 3. The highest BCUT2D eigenvalue weighted by Gasteiger charge is 2.35. The Morgan fingerprint density at radius 3 is 2.82 bits per heavy atom. The zero-order valence-corrected chi connectivity index (χ0v) is 12.7. The molecule has 1 fully saturated rings. The van der Waals surface area contributed by atoms with Gasteiger partial charge in [0.1, 0.15) is 6.61 Å². The lowest BCUT2D eigenvalue weighted by Crippen LogP contribution is -2.27. The van der Waals surface area contributed by atoms with Crippen LogP contribution in [-0.2, 0) is 17.7 Å². The van der Waals surface area contributed by atoms with Crippen molar-refractivity contribution in [1.29, 1.82) is 0 Å². The number of cyclic esters (lactones) is 1. The molecule has 1 amide bonds. The molecule has 0 N–H and O–H groups in total. The monoisotopic (exact) mass is 301 g/mol. The zero-order valence-electron chi connectivity index (χ0n) is 12.7. The lowest BCUT2D eigenvalue weighted by Gasteiger charge is -2.19. The van der Waals surface area contributed by atoms with Crippen LogP contribution in [0.15, 0.2) is 34.9 Å². The van der Waals surface area contributed by atoms with E-state index in [0.29, 0.717) is 30.8 Å². The van der Waals surface area contributed by atoms with Crippen molar-refractivity contribution in [3.63, 3.8) is 0 Å². The van der Waals surface area contributed by atoms with Crippen LogP contribution in [0.3, 0.4) is 0 Å². The van der Waals surface area contributed by atoms with E-state index in [0.717, 1.165) is 12.0 Å². The van der Waals surface area contributed by atoms with Gasteiger partial charge in [0.2, 0.25) is 5.89 Å². The summed E-state index contributed by atoms with van der Waals surface area (Å²) < 4.78 is 10.4. The van der Waals surface area contributed by atoms with Crippen LogP contribution >= 0.6 is 0 Å². The van der Waals surface area contributed by atoms with E-state index in [2.05, 4.69) is 24.0 Å². The number of hydrogen-bond acceptors (Lipinski definition) is 5. The van der Waals surface area contributed by atoms with Crippen LogP contribution in [-0.4, -0.2) is 27.7 Å². The van der Waals surface area contributed by atoms with Gasteiger partial charge >= 0.3 is 6.09 Å². The average molecular weight is 301 g/mol. The molecule has 0 unspecified atom stereocenters. The maximum Gasteiger partial charge on any atom is 0.410 e. The van der Waals surface area contributed by atoms with Crippen molar-refractivity contribution in [2.75, 3.05) is 6.61 Å². The van der Waals surface area contributed by atoms with E-state index in [4.69, 9.17) is 9.26 Å². The van der Waals surface area contributed by atoms with Gasteiger partial charge in [-0.05, 0) is 11.5 Å². The second-order valence-electron chi connectivity index (χ2n) is 5.83. The molecule has 0 radical (unpaired) electrons. The first-order chi connectivity index (χ1) is 10.6. The van der Waals surface area contributed by atoms with E-state index >= 15 is 0 Å². The van der Waals surface area contributed by atoms with Crippen LogP contribution in [0.25, 0.3) is 0 Å². The molecule has 0 aliphatic carbocycles. The summed E-state index contributed by atoms with van der Waals surface area (Å²) >= 11 is 0. The highest BCUT2D eigenvalue weighted by atomic mass is 16.6. The largest absolute Gasteiger partial charge is 0.447 e. The molecule has 1 aliphatic heterocycles. The van der Waals surface area contributed by atoms with E-state index in [-0.39, 0.29) is 12.1 Å². The quantitative estimate of drug-likeness (QED) is 0.849. The molecule has 0 saturated carbocycles. The SMILES string of the molecule is CC(C)Cc1nc(CN2C(=O)OC[C@@H]2c2ccccc2)no1. The predicted molar refractivity (Wildman–Crippen MR) is 78.9 cm³/mol. The van der Waals surface area contributed by atoms with Crippen LogP contribution in [0.2, 0.25) is 0 Å². The van der Waals surface area contributed by atoms with E-state index in [1.54, 1.807) is 4.90 Å². The fraction of sp³-hybridized carbons (Fsp3) is 0.438. The topological polar surface area (TPSA) is 68.5 Å². The highest BCUT2D eigenvalue weighted by molar-refractivity contribution is 5.70. The molecule has 0 bridgehead atoms. The number of aromatic nitrogens is 2. The van der Waals surface area contributed by atoms with Crippen molar-refractivity contribution in [2.45, 2.75) is 32.9 Å². The highest BCUT2D eigenvalue weighted by Crippen LogP contribution is 2.28. The molecule has 3 rings (SSSR count). The molecule has 6 heteroatoms. The van der Waals surface area contributed by atoms with Gasteiger partial charge in [0, 0.05) is 6.42 Å². The van der Waals surface area contributed by atoms with E-state index < -0.39 is 0 Å². The fourth-order valence-corrected chi connectivity index (χ4v) is 2.52. The molecule has 1 aliphatic rings. The molecular weight excluding hydrogens is 282 g/mol. The van der Waals surface area contributed by atoms with E-state index in [9.17, 15) is 4.79 Å². The smallest absolute Gasteiger partial charge is 0.410 e. The summed E-state index contributed by atoms with van der Waals surface area (Å²) in [5.41, 5.74) is 1.04. The molecule has 1 atom stereocenters. The van der Waals surface area contributed by atoms with Crippen molar-refractivity contribution in [2.24, 2.45) is 5.92 Å². The van der Waals surface area contributed by atoms with Gasteiger partial charge in [0.25, 0.3) is 0 Å². The molecular formula is C16H19N3O3. The maximum atomic E-state index is 12.0. The van der Waals surface area contributed by atoms with Gasteiger partial charge in [0.15, 0.2) is 5.82 Å². The second-order valence-corrected chi connectivity index (χ2v) is 5.83. The molecule has 6 nitrogen and oxygen atoms in total. The molecule has 1 aromatic heterocycles. The average Bonchev–Trinajstić information content (AvgIpc) is 3.08. The van der Waals surface area contributed by atoms with Gasteiger partial charge in [-0.3, -0.25) is 4.90 Å². The molecule has 1 saturated heterocycles. The Labute approximate surface area is 129 Å².